The lowest BCUT2D eigenvalue weighted by molar-refractivity contribution is 0.272. The molecule has 1 aromatic heterocycles. The van der Waals surface area contributed by atoms with E-state index >= 15 is 0 Å². The van der Waals surface area contributed by atoms with Crippen molar-refractivity contribution >= 4 is 34.0 Å². The van der Waals surface area contributed by atoms with Crippen LogP contribution in [0, 0.1) is 5.92 Å². The molecule has 1 atom stereocenters. The molecule has 2 aromatic rings. The number of fused-ring (bicyclic) bond motifs is 1. The molecule has 1 N–H and O–H groups in total. The summed E-state index contributed by atoms with van der Waals surface area (Å²) in [4.78, 5) is 0. The number of ether oxygens (including phenoxy) is 1. The molecule has 20 heavy (non-hydrogen) atoms. The largest absolute Gasteiger partial charge is 0.477 e. The number of hydrogen-bond acceptors (Lipinski definition) is 4. The summed E-state index contributed by atoms with van der Waals surface area (Å²) in [5, 5.41) is 4.61. The molecule has 0 radical (unpaired) electrons. The molecule has 0 bridgehead atoms. The fourth-order valence-electron chi connectivity index (χ4n) is 2.68. The predicted molar refractivity (Wildman–Crippen MR) is 87.2 cm³/mol. The molecule has 1 saturated heterocycles. The van der Waals surface area contributed by atoms with Crippen molar-refractivity contribution in [1.29, 1.82) is 0 Å². The van der Waals surface area contributed by atoms with E-state index in [4.69, 9.17) is 4.74 Å². The van der Waals surface area contributed by atoms with E-state index in [0.717, 1.165) is 30.2 Å². The number of hydrogen-bond donors (Lipinski definition) is 1. The van der Waals surface area contributed by atoms with Crippen LogP contribution in [0.3, 0.4) is 0 Å². The van der Waals surface area contributed by atoms with E-state index in [1.54, 1.807) is 0 Å². The first-order chi connectivity index (χ1) is 9.43. The Bertz CT molecular complexity index is 525. The molecule has 110 valence electrons. The third-order valence-corrected chi connectivity index (χ3v) is 4.55. The van der Waals surface area contributed by atoms with Gasteiger partial charge in [-0.25, -0.2) is 0 Å². The number of rotatable bonds is 5. The van der Waals surface area contributed by atoms with Gasteiger partial charge in [-0.3, -0.25) is 0 Å². The molecular formula is C15H21ClN2OS. The van der Waals surface area contributed by atoms with Crippen molar-refractivity contribution in [3.8, 4) is 5.88 Å². The van der Waals surface area contributed by atoms with Gasteiger partial charge in [-0.15, -0.1) is 12.4 Å². The minimum absolute atomic E-state index is 0. The highest BCUT2D eigenvalue weighted by Gasteiger charge is 2.12. The van der Waals surface area contributed by atoms with Gasteiger partial charge < -0.3 is 10.1 Å². The third kappa shape index (κ3) is 3.84. The van der Waals surface area contributed by atoms with E-state index in [9.17, 15) is 0 Å². The molecular weight excluding hydrogens is 292 g/mol. The Morgan fingerprint density at radius 3 is 3.10 bits per heavy atom. The van der Waals surface area contributed by atoms with Crippen LogP contribution in [-0.2, 0) is 0 Å². The summed E-state index contributed by atoms with van der Waals surface area (Å²) in [6.07, 6.45) is 5.07. The average molecular weight is 313 g/mol. The Labute approximate surface area is 130 Å². The van der Waals surface area contributed by atoms with Gasteiger partial charge in [0.1, 0.15) is 0 Å². The first-order valence-electron chi connectivity index (χ1n) is 7.11. The zero-order valence-electron chi connectivity index (χ0n) is 11.5. The van der Waals surface area contributed by atoms with Gasteiger partial charge in [0, 0.05) is 0 Å². The molecule has 1 fully saturated rings. The van der Waals surface area contributed by atoms with Crippen LogP contribution >= 0.6 is 23.9 Å². The van der Waals surface area contributed by atoms with Crippen LogP contribution in [0.2, 0.25) is 0 Å². The van der Waals surface area contributed by atoms with Crippen molar-refractivity contribution in [3.05, 3.63) is 24.3 Å². The highest BCUT2D eigenvalue weighted by Crippen LogP contribution is 2.28. The molecule has 2 heterocycles. The maximum Gasteiger partial charge on any atom is 0.233 e. The second-order valence-corrected chi connectivity index (χ2v) is 5.99. The summed E-state index contributed by atoms with van der Waals surface area (Å²) in [7, 11) is 0. The quantitative estimate of drug-likeness (QED) is 0.851. The van der Waals surface area contributed by atoms with Gasteiger partial charge in [-0.2, -0.15) is 4.37 Å². The number of nitrogens with zero attached hydrogens (tertiary/aromatic N) is 1. The number of halogens is 1. The van der Waals surface area contributed by atoms with Gasteiger partial charge in [-0.1, -0.05) is 12.1 Å². The Hall–Kier alpha value is -0.840. The van der Waals surface area contributed by atoms with Crippen LogP contribution in [-0.4, -0.2) is 24.1 Å². The van der Waals surface area contributed by atoms with Crippen molar-refractivity contribution in [3.63, 3.8) is 0 Å². The molecule has 0 amide bonds. The minimum Gasteiger partial charge on any atom is -0.477 e. The lowest BCUT2D eigenvalue weighted by atomic mass is 9.95. The zero-order valence-corrected chi connectivity index (χ0v) is 13.1. The molecule has 3 rings (SSSR count). The molecule has 3 nitrogen and oxygen atoms in total. The molecule has 1 aliphatic rings. The van der Waals surface area contributed by atoms with Crippen molar-refractivity contribution in [2.75, 3.05) is 19.7 Å². The van der Waals surface area contributed by atoms with Gasteiger partial charge in [0.15, 0.2) is 0 Å². The number of piperidine rings is 1. The van der Waals surface area contributed by atoms with Crippen LogP contribution in [0.1, 0.15) is 25.7 Å². The molecule has 1 aromatic carbocycles. The number of nitrogens with one attached hydrogen (secondary N) is 1. The Morgan fingerprint density at radius 2 is 2.25 bits per heavy atom. The second kappa shape index (κ2) is 7.81. The first kappa shape index (κ1) is 15.5. The SMILES string of the molecule is Cl.c1ccc2c(OCCCC3CCCNC3)nsc2c1. The van der Waals surface area contributed by atoms with Crippen LogP contribution in [0.15, 0.2) is 24.3 Å². The molecule has 1 aliphatic heterocycles. The van der Waals surface area contributed by atoms with Crippen LogP contribution in [0.5, 0.6) is 5.88 Å². The van der Waals surface area contributed by atoms with Gasteiger partial charge >= 0.3 is 0 Å². The summed E-state index contributed by atoms with van der Waals surface area (Å²) in [5.74, 6) is 1.65. The van der Waals surface area contributed by atoms with Crippen molar-refractivity contribution in [2.24, 2.45) is 5.92 Å². The van der Waals surface area contributed by atoms with Gasteiger partial charge in [0.2, 0.25) is 5.88 Å². The van der Waals surface area contributed by atoms with E-state index in [1.807, 2.05) is 12.1 Å². The molecule has 0 spiro atoms. The van der Waals surface area contributed by atoms with Crippen molar-refractivity contribution in [1.82, 2.24) is 9.69 Å². The molecule has 1 unspecified atom stereocenters. The van der Waals surface area contributed by atoms with Crippen LogP contribution in [0.25, 0.3) is 10.1 Å². The van der Waals surface area contributed by atoms with Gasteiger partial charge in [-0.05, 0) is 68.4 Å². The normalized spacial score (nSPS) is 18.7. The number of aromatic nitrogens is 1. The smallest absolute Gasteiger partial charge is 0.233 e. The van der Waals surface area contributed by atoms with E-state index in [-0.39, 0.29) is 12.4 Å². The minimum atomic E-state index is 0. The lowest BCUT2D eigenvalue weighted by Crippen LogP contribution is -2.29. The van der Waals surface area contributed by atoms with Gasteiger partial charge in [0.25, 0.3) is 0 Å². The highest BCUT2D eigenvalue weighted by atomic mass is 35.5. The summed E-state index contributed by atoms with van der Waals surface area (Å²) < 4.78 is 11.4. The molecule has 0 saturated carbocycles. The van der Waals surface area contributed by atoms with Gasteiger partial charge in [0.05, 0.1) is 16.7 Å². The Kier molecular flexibility index (Phi) is 6.07. The lowest BCUT2D eigenvalue weighted by Gasteiger charge is -2.22. The summed E-state index contributed by atoms with van der Waals surface area (Å²) >= 11 is 1.52. The van der Waals surface area contributed by atoms with Crippen molar-refractivity contribution in [2.45, 2.75) is 25.7 Å². The second-order valence-electron chi connectivity index (χ2n) is 5.19. The van der Waals surface area contributed by atoms with E-state index < -0.39 is 0 Å². The number of benzene rings is 1. The summed E-state index contributed by atoms with van der Waals surface area (Å²) in [5.41, 5.74) is 0. The fraction of sp³-hybridized carbons (Fsp3) is 0.533. The van der Waals surface area contributed by atoms with Crippen LogP contribution in [0.4, 0.5) is 0 Å². The third-order valence-electron chi connectivity index (χ3n) is 3.74. The van der Waals surface area contributed by atoms with E-state index in [0.29, 0.717) is 0 Å². The van der Waals surface area contributed by atoms with E-state index in [2.05, 4.69) is 21.8 Å². The maximum absolute atomic E-state index is 5.83. The summed E-state index contributed by atoms with van der Waals surface area (Å²) in [6, 6.07) is 8.25. The maximum atomic E-state index is 5.83. The standard InChI is InChI=1S/C15H20N2OS.ClH/c1-2-8-14-13(7-1)15(17-19-14)18-10-4-6-12-5-3-9-16-11-12;/h1-2,7-8,12,16H,3-6,9-11H2;1H. The summed E-state index contributed by atoms with van der Waals surface area (Å²) in [6.45, 7) is 3.15. The molecule has 0 aliphatic carbocycles. The molecule has 5 heteroatoms. The topological polar surface area (TPSA) is 34.1 Å². The van der Waals surface area contributed by atoms with E-state index in [1.165, 1.54) is 48.6 Å². The van der Waals surface area contributed by atoms with Crippen LogP contribution < -0.4 is 10.1 Å². The highest BCUT2D eigenvalue weighted by molar-refractivity contribution is 7.13. The average Bonchev–Trinajstić information content (AvgIpc) is 2.88. The zero-order chi connectivity index (χ0) is 12.9. The predicted octanol–water partition coefficient (Wildman–Crippen LogP) is 3.88. The first-order valence-corrected chi connectivity index (χ1v) is 7.89. The van der Waals surface area contributed by atoms with Crippen molar-refractivity contribution < 1.29 is 4.74 Å². The fourth-order valence-corrected chi connectivity index (χ4v) is 3.40. The Balaban J connectivity index is 0.00000147. The Morgan fingerprint density at radius 1 is 1.35 bits per heavy atom. The monoisotopic (exact) mass is 312 g/mol.